The summed E-state index contributed by atoms with van der Waals surface area (Å²) in [5.74, 6) is -2.73. The average Bonchev–Trinajstić information content (AvgIpc) is 2.21. The van der Waals surface area contributed by atoms with Crippen LogP contribution in [0.1, 0.15) is 51.9 Å². The number of aliphatic carboxylic acids is 2. The third-order valence-electron chi connectivity index (χ3n) is 2.37. The van der Waals surface area contributed by atoms with E-state index in [4.69, 9.17) is 10.2 Å². The predicted octanol–water partition coefficient (Wildman–Crippen LogP) is 2.83. The smallest absolute Gasteiger partial charge is 0.342 e. The summed E-state index contributed by atoms with van der Waals surface area (Å²) in [5, 5.41) is 17.1. The molecule has 2 N–H and O–H groups in total. The van der Waals surface area contributed by atoms with Crippen LogP contribution in [0.15, 0.2) is 11.6 Å². The molecule has 0 unspecified atom stereocenters. The van der Waals surface area contributed by atoms with Gasteiger partial charge in [0, 0.05) is 0 Å². The molecular formula is C12H20O4. The molecule has 4 nitrogen and oxygen atoms in total. The van der Waals surface area contributed by atoms with Crippen LogP contribution in [0.2, 0.25) is 0 Å². The molecule has 0 atom stereocenters. The summed E-state index contributed by atoms with van der Waals surface area (Å²) in [7, 11) is 0. The zero-order valence-electron chi connectivity index (χ0n) is 9.74. The van der Waals surface area contributed by atoms with E-state index in [2.05, 4.69) is 6.92 Å². The molecule has 4 heteroatoms. The van der Waals surface area contributed by atoms with Gasteiger partial charge in [-0.15, -0.1) is 0 Å². The Labute approximate surface area is 96.0 Å². The van der Waals surface area contributed by atoms with Crippen LogP contribution in [0.3, 0.4) is 0 Å². The van der Waals surface area contributed by atoms with Crippen molar-refractivity contribution in [3.8, 4) is 0 Å². The van der Waals surface area contributed by atoms with E-state index >= 15 is 0 Å². The Morgan fingerprint density at radius 3 is 1.94 bits per heavy atom. The van der Waals surface area contributed by atoms with Crippen LogP contribution in [0.5, 0.6) is 0 Å². The summed E-state index contributed by atoms with van der Waals surface area (Å²) in [6.07, 6.45) is 8.47. The number of carbonyl (C=O) groups is 2. The number of hydrogen-bond donors (Lipinski definition) is 2. The van der Waals surface area contributed by atoms with Crippen molar-refractivity contribution in [3.63, 3.8) is 0 Å². The number of carboxylic acids is 2. The Balaban J connectivity index is 3.72. The van der Waals surface area contributed by atoms with Gasteiger partial charge >= 0.3 is 11.9 Å². The molecule has 0 radical (unpaired) electrons. The summed E-state index contributed by atoms with van der Waals surface area (Å²) in [6, 6.07) is 0. The van der Waals surface area contributed by atoms with E-state index in [0.29, 0.717) is 6.42 Å². The van der Waals surface area contributed by atoms with Crippen LogP contribution in [0.4, 0.5) is 0 Å². The molecule has 0 aromatic carbocycles. The standard InChI is InChI=1S/C12H20O4/c1-2-3-4-5-6-7-8-9-10(11(13)14)12(15)16/h9H,2-8H2,1H3,(H,13,14)(H,15,16). The lowest BCUT2D eigenvalue weighted by Gasteiger charge is -1.99. The minimum atomic E-state index is -1.36. The van der Waals surface area contributed by atoms with Gasteiger partial charge in [0.2, 0.25) is 0 Å². The largest absolute Gasteiger partial charge is 0.477 e. The van der Waals surface area contributed by atoms with Gasteiger partial charge in [0.1, 0.15) is 5.57 Å². The molecule has 0 aliphatic carbocycles. The summed E-state index contributed by atoms with van der Waals surface area (Å²) < 4.78 is 0. The number of allylic oxidation sites excluding steroid dienone is 1. The lowest BCUT2D eigenvalue weighted by Crippen LogP contribution is -2.10. The van der Waals surface area contributed by atoms with Crippen molar-refractivity contribution in [2.75, 3.05) is 0 Å². The van der Waals surface area contributed by atoms with Crippen molar-refractivity contribution in [1.82, 2.24) is 0 Å². The number of rotatable bonds is 9. The highest BCUT2D eigenvalue weighted by atomic mass is 16.4. The van der Waals surface area contributed by atoms with Crippen molar-refractivity contribution >= 4 is 11.9 Å². The highest BCUT2D eigenvalue weighted by Gasteiger charge is 2.14. The van der Waals surface area contributed by atoms with Gasteiger partial charge in [-0.05, 0) is 12.8 Å². The maximum absolute atomic E-state index is 10.5. The first kappa shape index (κ1) is 14.7. The molecule has 0 fully saturated rings. The topological polar surface area (TPSA) is 74.6 Å². The molecule has 0 rings (SSSR count). The maximum Gasteiger partial charge on any atom is 0.342 e. The van der Waals surface area contributed by atoms with Gasteiger partial charge in [-0.2, -0.15) is 0 Å². The summed E-state index contributed by atoms with van der Waals surface area (Å²) in [4.78, 5) is 21.0. The zero-order valence-corrected chi connectivity index (χ0v) is 9.74. The van der Waals surface area contributed by atoms with Crippen molar-refractivity contribution in [1.29, 1.82) is 0 Å². The molecular weight excluding hydrogens is 208 g/mol. The first-order valence-electron chi connectivity index (χ1n) is 5.76. The molecule has 0 bridgehead atoms. The third-order valence-corrected chi connectivity index (χ3v) is 2.37. The second kappa shape index (κ2) is 8.95. The van der Waals surface area contributed by atoms with E-state index in [-0.39, 0.29) is 0 Å². The lowest BCUT2D eigenvalue weighted by atomic mass is 10.1. The molecule has 0 saturated carbocycles. The van der Waals surface area contributed by atoms with Gasteiger partial charge in [-0.1, -0.05) is 45.1 Å². The Bertz CT molecular complexity index is 240. The van der Waals surface area contributed by atoms with Crippen molar-refractivity contribution < 1.29 is 19.8 Å². The van der Waals surface area contributed by atoms with Gasteiger partial charge in [-0.25, -0.2) is 9.59 Å². The lowest BCUT2D eigenvalue weighted by molar-refractivity contribution is -0.140. The van der Waals surface area contributed by atoms with E-state index in [1.54, 1.807) is 0 Å². The van der Waals surface area contributed by atoms with E-state index in [0.717, 1.165) is 19.3 Å². The number of unbranched alkanes of at least 4 members (excludes halogenated alkanes) is 6. The van der Waals surface area contributed by atoms with Gasteiger partial charge in [0.05, 0.1) is 0 Å². The Morgan fingerprint density at radius 1 is 0.938 bits per heavy atom. The minimum Gasteiger partial charge on any atom is -0.477 e. The molecule has 0 spiro atoms. The second-order valence-corrected chi connectivity index (χ2v) is 3.78. The van der Waals surface area contributed by atoms with Crippen LogP contribution in [-0.4, -0.2) is 22.2 Å². The minimum absolute atomic E-state index is 0.520. The Morgan fingerprint density at radius 2 is 1.44 bits per heavy atom. The fourth-order valence-corrected chi connectivity index (χ4v) is 1.44. The van der Waals surface area contributed by atoms with Crippen LogP contribution in [0, 0.1) is 0 Å². The molecule has 0 amide bonds. The maximum atomic E-state index is 10.5. The third kappa shape index (κ3) is 7.04. The predicted molar refractivity (Wildman–Crippen MR) is 61.3 cm³/mol. The summed E-state index contributed by atoms with van der Waals surface area (Å²) >= 11 is 0. The molecule has 16 heavy (non-hydrogen) atoms. The summed E-state index contributed by atoms with van der Waals surface area (Å²) in [6.45, 7) is 2.15. The molecule has 0 heterocycles. The van der Waals surface area contributed by atoms with Gasteiger partial charge in [-0.3, -0.25) is 0 Å². The van der Waals surface area contributed by atoms with Crippen molar-refractivity contribution in [2.45, 2.75) is 51.9 Å². The van der Waals surface area contributed by atoms with E-state index < -0.39 is 17.5 Å². The SMILES string of the molecule is CCCCCCCCC=C(C(=O)O)C(=O)O. The van der Waals surface area contributed by atoms with Crippen LogP contribution >= 0.6 is 0 Å². The quantitative estimate of drug-likeness (QED) is 0.275. The molecule has 0 saturated heterocycles. The van der Waals surface area contributed by atoms with Gasteiger partial charge < -0.3 is 10.2 Å². The highest BCUT2D eigenvalue weighted by molar-refractivity contribution is 6.12. The van der Waals surface area contributed by atoms with E-state index in [9.17, 15) is 9.59 Å². The first-order chi connectivity index (χ1) is 7.59. The fraction of sp³-hybridized carbons (Fsp3) is 0.667. The van der Waals surface area contributed by atoms with Crippen molar-refractivity contribution in [3.05, 3.63) is 11.6 Å². The van der Waals surface area contributed by atoms with E-state index in [1.165, 1.54) is 25.3 Å². The highest BCUT2D eigenvalue weighted by Crippen LogP contribution is 2.08. The normalized spacial score (nSPS) is 9.81. The molecule has 0 aliphatic rings. The molecule has 92 valence electrons. The number of hydrogen-bond acceptors (Lipinski definition) is 2. The first-order valence-corrected chi connectivity index (χ1v) is 5.76. The molecule has 0 aromatic rings. The zero-order chi connectivity index (χ0) is 12.4. The average molecular weight is 228 g/mol. The van der Waals surface area contributed by atoms with Crippen LogP contribution in [0.25, 0.3) is 0 Å². The monoisotopic (exact) mass is 228 g/mol. The van der Waals surface area contributed by atoms with Gasteiger partial charge in [0.15, 0.2) is 0 Å². The van der Waals surface area contributed by atoms with Gasteiger partial charge in [0.25, 0.3) is 0 Å². The Hall–Kier alpha value is -1.32. The second-order valence-electron chi connectivity index (χ2n) is 3.78. The van der Waals surface area contributed by atoms with Crippen molar-refractivity contribution in [2.24, 2.45) is 0 Å². The van der Waals surface area contributed by atoms with Crippen LogP contribution < -0.4 is 0 Å². The Kier molecular flexibility index (Phi) is 8.21. The fourth-order valence-electron chi connectivity index (χ4n) is 1.44. The molecule has 0 aliphatic heterocycles. The number of carboxylic acid groups (broad SMARTS) is 2. The van der Waals surface area contributed by atoms with Crippen LogP contribution in [-0.2, 0) is 9.59 Å². The molecule has 0 aromatic heterocycles. The van der Waals surface area contributed by atoms with E-state index in [1.807, 2.05) is 0 Å². The summed E-state index contributed by atoms with van der Waals surface area (Å²) in [5.41, 5.74) is -0.520.